The Morgan fingerprint density at radius 1 is 1.17 bits per heavy atom. The first-order chi connectivity index (χ1) is 11.1. The maximum Gasteiger partial charge on any atom is 0.222 e. The van der Waals surface area contributed by atoms with Crippen molar-refractivity contribution in [3.05, 3.63) is 0 Å². The predicted octanol–water partition coefficient (Wildman–Crippen LogP) is 3.85. The number of carbonyl (C=O) groups is 1. The molecule has 1 N–H and O–H groups in total. The fourth-order valence-corrected chi connectivity index (χ4v) is 7.89. The Balaban J connectivity index is 1.70. The molecule has 0 aromatic carbocycles. The van der Waals surface area contributed by atoms with Crippen LogP contribution in [-0.4, -0.2) is 34.6 Å². The molecule has 0 bridgehead atoms. The van der Waals surface area contributed by atoms with Crippen molar-refractivity contribution in [2.24, 2.45) is 34.5 Å². The van der Waals surface area contributed by atoms with Crippen molar-refractivity contribution in [2.75, 3.05) is 7.05 Å². The highest BCUT2D eigenvalue weighted by atomic mass is 16.3. The van der Waals surface area contributed by atoms with Crippen molar-refractivity contribution < 1.29 is 9.90 Å². The first-order valence-electron chi connectivity index (χ1n) is 10.1. The van der Waals surface area contributed by atoms with Gasteiger partial charge in [0.2, 0.25) is 5.91 Å². The van der Waals surface area contributed by atoms with E-state index in [9.17, 15) is 9.90 Å². The van der Waals surface area contributed by atoms with Crippen molar-refractivity contribution in [3.63, 3.8) is 0 Å². The number of fused-ring (bicyclic) bond motifs is 5. The van der Waals surface area contributed by atoms with Crippen LogP contribution in [0.5, 0.6) is 0 Å². The molecule has 3 heteroatoms. The second kappa shape index (κ2) is 4.99. The van der Waals surface area contributed by atoms with Crippen molar-refractivity contribution in [1.82, 2.24) is 4.90 Å². The third kappa shape index (κ3) is 2.15. The summed E-state index contributed by atoms with van der Waals surface area (Å²) in [5.74, 6) is 3.09. The van der Waals surface area contributed by atoms with Crippen LogP contribution in [0.4, 0.5) is 0 Å². The number of rotatable bonds is 0. The summed E-state index contributed by atoms with van der Waals surface area (Å²) in [5.41, 5.74) is 0.110. The van der Waals surface area contributed by atoms with Gasteiger partial charge in [-0.05, 0) is 80.0 Å². The van der Waals surface area contributed by atoms with E-state index in [4.69, 9.17) is 0 Å². The quantitative estimate of drug-likeness (QED) is 0.731. The zero-order valence-electron chi connectivity index (χ0n) is 16.1. The number of hydrogen-bond donors (Lipinski definition) is 1. The topological polar surface area (TPSA) is 40.5 Å². The van der Waals surface area contributed by atoms with Gasteiger partial charge in [-0.1, -0.05) is 20.8 Å². The Morgan fingerprint density at radius 3 is 2.58 bits per heavy atom. The molecule has 4 aliphatic rings. The molecular formula is C21H35NO2. The normalized spacial score (nSPS) is 57.3. The zero-order chi connectivity index (χ0) is 17.5. The Hall–Kier alpha value is -0.570. The van der Waals surface area contributed by atoms with E-state index in [1.807, 2.05) is 7.05 Å². The second-order valence-electron chi connectivity index (χ2n) is 10.6. The molecule has 1 heterocycles. The summed E-state index contributed by atoms with van der Waals surface area (Å²) in [4.78, 5) is 14.3. The lowest BCUT2D eigenvalue weighted by atomic mass is 9.45. The molecule has 1 aliphatic heterocycles. The summed E-state index contributed by atoms with van der Waals surface area (Å²) in [6.07, 6.45) is 7.42. The molecule has 136 valence electrons. The van der Waals surface area contributed by atoms with Gasteiger partial charge >= 0.3 is 0 Å². The minimum atomic E-state index is -0.481. The summed E-state index contributed by atoms with van der Waals surface area (Å²) >= 11 is 0. The molecule has 4 fully saturated rings. The Labute approximate surface area is 147 Å². The van der Waals surface area contributed by atoms with Crippen LogP contribution >= 0.6 is 0 Å². The lowest BCUT2D eigenvalue weighted by Crippen LogP contribution is -2.62. The Kier molecular flexibility index (Phi) is 3.51. The van der Waals surface area contributed by atoms with Gasteiger partial charge in [0, 0.05) is 19.5 Å². The average Bonchev–Trinajstić information content (AvgIpc) is 2.74. The minimum absolute atomic E-state index is 0.273. The monoisotopic (exact) mass is 333 g/mol. The van der Waals surface area contributed by atoms with Gasteiger partial charge in [-0.15, -0.1) is 0 Å². The van der Waals surface area contributed by atoms with Gasteiger partial charge in [0.25, 0.3) is 0 Å². The molecule has 1 amide bonds. The molecule has 0 aromatic heterocycles. The van der Waals surface area contributed by atoms with Gasteiger partial charge in [0.1, 0.15) is 0 Å². The lowest BCUT2D eigenvalue weighted by molar-refractivity contribution is -0.164. The fourth-order valence-electron chi connectivity index (χ4n) is 7.89. The van der Waals surface area contributed by atoms with Crippen LogP contribution in [0.25, 0.3) is 0 Å². The minimum Gasteiger partial charge on any atom is -0.390 e. The summed E-state index contributed by atoms with van der Waals surface area (Å²) < 4.78 is 0. The number of piperidine rings is 1. The van der Waals surface area contributed by atoms with Crippen molar-refractivity contribution in [2.45, 2.75) is 84.3 Å². The largest absolute Gasteiger partial charge is 0.390 e. The van der Waals surface area contributed by atoms with Gasteiger partial charge in [-0.3, -0.25) is 4.79 Å². The maximum absolute atomic E-state index is 12.3. The standard InChI is InChI=1S/C21H35NO2/c1-13-10-16-21(4,9-7-17(23)22(16)5)14-6-8-19(2)12-20(3,24)11-15(19)18(13)14/h13-16,18,24H,6-12H2,1-5H3/t13-,14-,15-,16+,18?,19+,20-,21+/m0/s1. The van der Waals surface area contributed by atoms with Crippen molar-refractivity contribution >= 4 is 5.91 Å². The van der Waals surface area contributed by atoms with E-state index in [2.05, 4.69) is 32.6 Å². The third-order valence-corrected chi connectivity index (χ3v) is 8.89. The number of carbonyl (C=O) groups excluding carboxylic acids is 1. The predicted molar refractivity (Wildman–Crippen MR) is 95.3 cm³/mol. The van der Waals surface area contributed by atoms with Crippen LogP contribution in [-0.2, 0) is 4.79 Å². The third-order valence-electron chi connectivity index (χ3n) is 8.89. The molecule has 0 radical (unpaired) electrons. The Morgan fingerprint density at radius 2 is 1.88 bits per heavy atom. The maximum atomic E-state index is 12.3. The highest BCUT2D eigenvalue weighted by Gasteiger charge is 2.63. The van der Waals surface area contributed by atoms with Crippen molar-refractivity contribution in [1.29, 1.82) is 0 Å². The molecule has 0 aromatic rings. The molecule has 1 unspecified atom stereocenters. The SMILES string of the molecule is C[C@H]1C[C@H]2N(C)C(=O)CC[C@]2(C)[C@H]2CC[C@]3(C)C[C@@](C)(O)C[C@H]3C12. The highest BCUT2D eigenvalue weighted by Crippen LogP contribution is 2.67. The van der Waals surface area contributed by atoms with Gasteiger partial charge in [0.05, 0.1) is 5.60 Å². The first kappa shape index (κ1) is 16.9. The van der Waals surface area contributed by atoms with E-state index in [0.29, 0.717) is 35.1 Å². The van der Waals surface area contributed by atoms with Gasteiger partial charge in [-0.25, -0.2) is 0 Å². The Bertz CT molecular complexity index is 558. The van der Waals surface area contributed by atoms with Crippen LogP contribution in [0.2, 0.25) is 0 Å². The van der Waals surface area contributed by atoms with Crippen LogP contribution in [0, 0.1) is 34.5 Å². The average molecular weight is 334 g/mol. The van der Waals surface area contributed by atoms with Crippen LogP contribution < -0.4 is 0 Å². The van der Waals surface area contributed by atoms with E-state index in [1.54, 1.807) is 0 Å². The highest BCUT2D eigenvalue weighted by molar-refractivity contribution is 5.77. The molecule has 3 aliphatic carbocycles. The summed E-state index contributed by atoms with van der Waals surface area (Å²) in [5, 5.41) is 10.8. The summed E-state index contributed by atoms with van der Waals surface area (Å²) in [6, 6.07) is 0.418. The molecule has 8 atom stereocenters. The molecule has 1 saturated heterocycles. The summed E-state index contributed by atoms with van der Waals surface area (Å²) in [6.45, 7) is 9.38. The van der Waals surface area contributed by atoms with E-state index in [0.717, 1.165) is 38.0 Å². The van der Waals surface area contributed by atoms with E-state index < -0.39 is 5.60 Å². The van der Waals surface area contributed by atoms with Gasteiger partial charge < -0.3 is 10.0 Å². The van der Waals surface area contributed by atoms with Gasteiger partial charge in [-0.2, -0.15) is 0 Å². The van der Waals surface area contributed by atoms with Crippen molar-refractivity contribution in [3.8, 4) is 0 Å². The van der Waals surface area contributed by atoms with E-state index in [-0.39, 0.29) is 5.41 Å². The van der Waals surface area contributed by atoms with Gasteiger partial charge in [0.15, 0.2) is 0 Å². The zero-order valence-corrected chi connectivity index (χ0v) is 16.1. The number of nitrogens with zero attached hydrogens (tertiary/aromatic N) is 1. The number of aliphatic hydroxyl groups is 1. The lowest BCUT2D eigenvalue weighted by Gasteiger charge is -2.63. The number of likely N-dealkylation sites (tertiary alicyclic amines) is 1. The second-order valence-corrected chi connectivity index (χ2v) is 10.6. The molecule has 24 heavy (non-hydrogen) atoms. The van der Waals surface area contributed by atoms with Crippen LogP contribution in [0.15, 0.2) is 0 Å². The number of hydrogen-bond acceptors (Lipinski definition) is 2. The smallest absolute Gasteiger partial charge is 0.222 e. The molecule has 4 rings (SSSR count). The van der Waals surface area contributed by atoms with Crippen LogP contribution in [0.3, 0.4) is 0 Å². The molecule has 3 nitrogen and oxygen atoms in total. The first-order valence-corrected chi connectivity index (χ1v) is 10.1. The molecule has 0 spiro atoms. The van der Waals surface area contributed by atoms with E-state index >= 15 is 0 Å². The fraction of sp³-hybridized carbons (Fsp3) is 0.952. The number of amides is 1. The van der Waals surface area contributed by atoms with Crippen LogP contribution in [0.1, 0.15) is 72.6 Å². The molecule has 3 saturated carbocycles. The molecular weight excluding hydrogens is 298 g/mol. The summed E-state index contributed by atoms with van der Waals surface area (Å²) in [7, 11) is 2.03. The van der Waals surface area contributed by atoms with E-state index in [1.165, 1.54) is 12.8 Å².